The van der Waals surface area contributed by atoms with Gasteiger partial charge in [-0.1, -0.05) is 30.3 Å². The first-order valence-electron chi connectivity index (χ1n) is 8.56. The van der Waals surface area contributed by atoms with Gasteiger partial charge in [0.25, 0.3) is 0 Å². The van der Waals surface area contributed by atoms with Crippen LogP contribution in [0.5, 0.6) is 5.75 Å². The summed E-state index contributed by atoms with van der Waals surface area (Å²) in [6.45, 7) is 1.30. The molecule has 0 aliphatic carbocycles. The second kappa shape index (κ2) is 7.22. The molecule has 0 spiro atoms. The number of para-hydroxylation sites is 3. The molecule has 1 aromatic heterocycles. The Bertz CT molecular complexity index is 1010. The summed E-state index contributed by atoms with van der Waals surface area (Å²) in [5.74, 6) is 0.916. The van der Waals surface area contributed by atoms with E-state index in [1.807, 2.05) is 59.5 Å². The molecular formula is C20H17N5O2. The highest BCUT2D eigenvalue weighted by Crippen LogP contribution is 2.30. The monoisotopic (exact) mass is 359 g/mol. The van der Waals surface area contributed by atoms with Crippen molar-refractivity contribution < 1.29 is 9.53 Å². The van der Waals surface area contributed by atoms with Crippen molar-refractivity contribution in [2.24, 2.45) is 0 Å². The number of nitrogens with one attached hydrogen (secondary N) is 1. The SMILES string of the molecule is N#Cc1cnn(-c2ccccc2)c1NC(=O)CN1CCOc2ccccc21. The normalized spacial score (nSPS) is 12.6. The topological polar surface area (TPSA) is 83.2 Å². The zero-order valence-corrected chi connectivity index (χ0v) is 14.5. The van der Waals surface area contributed by atoms with Crippen LogP contribution in [0.25, 0.3) is 5.69 Å². The van der Waals surface area contributed by atoms with Gasteiger partial charge in [-0.15, -0.1) is 0 Å². The Morgan fingerprint density at radius 3 is 2.78 bits per heavy atom. The summed E-state index contributed by atoms with van der Waals surface area (Å²) in [5.41, 5.74) is 1.97. The summed E-state index contributed by atoms with van der Waals surface area (Å²) >= 11 is 0. The highest BCUT2D eigenvalue weighted by atomic mass is 16.5. The highest BCUT2D eigenvalue weighted by Gasteiger charge is 2.21. The maximum atomic E-state index is 12.7. The number of anilines is 2. The average Bonchev–Trinajstić information content (AvgIpc) is 3.11. The molecule has 0 unspecified atom stereocenters. The number of benzene rings is 2. The van der Waals surface area contributed by atoms with Crippen LogP contribution >= 0.6 is 0 Å². The molecule has 3 aromatic rings. The van der Waals surface area contributed by atoms with Crippen molar-refractivity contribution in [3.05, 3.63) is 66.4 Å². The van der Waals surface area contributed by atoms with Gasteiger partial charge in [-0.05, 0) is 24.3 Å². The Hall–Kier alpha value is -3.79. The van der Waals surface area contributed by atoms with E-state index in [2.05, 4.69) is 16.5 Å². The minimum absolute atomic E-state index is 0.158. The smallest absolute Gasteiger partial charge is 0.245 e. The molecule has 2 aromatic carbocycles. The number of nitriles is 1. The van der Waals surface area contributed by atoms with Crippen LogP contribution in [0.1, 0.15) is 5.56 Å². The molecule has 1 aliphatic heterocycles. The second-order valence-electron chi connectivity index (χ2n) is 6.05. The van der Waals surface area contributed by atoms with Gasteiger partial charge in [0, 0.05) is 0 Å². The number of carbonyl (C=O) groups excluding carboxylic acids is 1. The molecule has 7 nitrogen and oxygen atoms in total. The predicted octanol–water partition coefficient (Wildman–Crippen LogP) is 2.58. The third-order valence-electron chi connectivity index (χ3n) is 4.31. The lowest BCUT2D eigenvalue weighted by molar-refractivity contribution is -0.115. The number of amides is 1. The molecule has 1 amide bonds. The summed E-state index contributed by atoms with van der Waals surface area (Å²) in [5, 5.41) is 16.4. The van der Waals surface area contributed by atoms with Gasteiger partial charge in [0.15, 0.2) is 5.82 Å². The summed E-state index contributed by atoms with van der Waals surface area (Å²) in [6, 6.07) is 19.1. The Kier molecular flexibility index (Phi) is 4.45. The van der Waals surface area contributed by atoms with E-state index >= 15 is 0 Å². The van der Waals surface area contributed by atoms with E-state index in [9.17, 15) is 10.1 Å². The molecule has 27 heavy (non-hydrogen) atoms. The fourth-order valence-electron chi connectivity index (χ4n) is 3.05. The zero-order valence-electron chi connectivity index (χ0n) is 14.5. The number of hydrogen-bond donors (Lipinski definition) is 1. The van der Waals surface area contributed by atoms with Crippen molar-refractivity contribution in [2.75, 3.05) is 29.9 Å². The number of rotatable bonds is 4. The van der Waals surface area contributed by atoms with E-state index in [1.165, 1.54) is 6.20 Å². The first-order chi connectivity index (χ1) is 13.3. The number of carbonyl (C=O) groups is 1. The van der Waals surface area contributed by atoms with Crippen molar-refractivity contribution in [1.82, 2.24) is 9.78 Å². The first-order valence-corrected chi connectivity index (χ1v) is 8.56. The Balaban J connectivity index is 1.56. The summed E-state index contributed by atoms with van der Waals surface area (Å²) in [4.78, 5) is 14.7. The van der Waals surface area contributed by atoms with Gasteiger partial charge in [0.2, 0.25) is 5.91 Å². The molecule has 4 rings (SSSR count). The quantitative estimate of drug-likeness (QED) is 0.774. The summed E-state index contributed by atoms with van der Waals surface area (Å²) < 4.78 is 7.18. The standard InChI is InChI=1S/C20H17N5O2/c21-12-15-13-22-25(16-6-2-1-3-7-16)20(15)23-19(26)14-24-10-11-27-18-9-5-4-8-17(18)24/h1-9,13H,10-11,14H2,(H,23,26). The number of hydrogen-bond acceptors (Lipinski definition) is 5. The van der Waals surface area contributed by atoms with Crippen molar-refractivity contribution in [3.63, 3.8) is 0 Å². The lowest BCUT2D eigenvalue weighted by Crippen LogP contribution is -2.39. The molecule has 1 N–H and O–H groups in total. The predicted molar refractivity (Wildman–Crippen MR) is 101 cm³/mol. The number of nitrogens with zero attached hydrogens (tertiary/aromatic N) is 4. The van der Waals surface area contributed by atoms with E-state index in [0.29, 0.717) is 24.5 Å². The van der Waals surface area contributed by atoms with Crippen LogP contribution in [0.2, 0.25) is 0 Å². The fraction of sp³-hybridized carbons (Fsp3) is 0.150. The maximum absolute atomic E-state index is 12.7. The zero-order chi connectivity index (χ0) is 18.6. The number of aromatic nitrogens is 2. The molecule has 0 saturated carbocycles. The third kappa shape index (κ3) is 3.33. The largest absolute Gasteiger partial charge is 0.490 e. The van der Waals surface area contributed by atoms with E-state index in [-0.39, 0.29) is 12.5 Å². The highest BCUT2D eigenvalue weighted by molar-refractivity contribution is 5.95. The molecule has 134 valence electrons. The van der Waals surface area contributed by atoms with Gasteiger partial charge in [-0.25, -0.2) is 4.68 Å². The summed E-state index contributed by atoms with van der Waals surface area (Å²) in [6.07, 6.45) is 1.45. The van der Waals surface area contributed by atoms with Crippen molar-refractivity contribution in [3.8, 4) is 17.5 Å². The van der Waals surface area contributed by atoms with Crippen molar-refractivity contribution >= 4 is 17.4 Å². The van der Waals surface area contributed by atoms with Crippen LogP contribution in [0, 0.1) is 11.3 Å². The molecule has 0 radical (unpaired) electrons. The number of fused-ring (bicyclic) bond motifs is 1. The van der Waals surface area contributed by atoms with Crippen LogP contribution < -0.4 is 15.0 Å². The first kappa shape index (κ1) is 16.7. The van der Waals surface area contributed by atoms with Gasteiger partial charge in [-0.2, -0.15) is 10.4 Å². The lowest BCUT2D eigenvalue weighted by atomic mass is 10.2. The Morgan fingerprint density at radius 1 is 1.19 bits per heavy atom. The average molecular weight is 359 g/mol. The van der Waals surface area contributed by atoms with Gasteiger partial charge >= 0.3 is 0 Å². The van der Waals surface area contributed by atoms with Crippen LogP contribution in [0.3, 0.4) is 0 Å². The Labute approximate surface area is 156 Å². The molecule has 1 aliphatic rings. The minimum Gasteiger partial charge on any atom is -0.490 e. The Morgan fingerprint density at radius 2 is 1.96 bits per heavy atom. The van der Waals surface area contributed by atoms with Gasteiger partial charge in [-0.3, -0.25) is 4.79 Å². The molecule has 0 fully saturated rings. The van der Waals surface area contributed by atoms with E-state index < -0.39 is 0 Å². The third-order valence-corrected chi connectivity index (χ3v) is 4.31. The van der Waals surface area contributed by atoms with Crippen molar-refractivity contribution in [2.45, 2.75) is 0 Å². The molecule has 0 saturated heterocycles. The van der Waals surface area contributed by atoms with Crippen LogP contribution in [-0.4, -0.2) is 35.4 Å². The number of ether oxygens (including phenoxy) is 1. The second-order valence-corrected chi connectivity index (χ2v) is 6.05. The van der Waals surface area contributed by atoms with E-state index in [0.717, 1.165) is 17.1 Å². The van der Waals surface area contributed by atoms with E-state index in [1.54, 1.807) is 4.68 Å². The molecule has 0 bridgehead atoms. The van der Waals surface area contributed by atoms with Gasteiger partial charge < -0.3 is 15.0 Å². The summed E-state index contributed by atoms with van der Waals surface area (Å²) in [7, 11) is 0. The van der Waals surface area contributed by atoms with Gasteiger partial charge in [0.1, 0.15) is 24.0 Å². The van der Waals surface area contributed by atoms with Gasteiger partial charge in [0.05, 0.1) is 30.7 Å². The van der Waals surface area contributed by atoms with E-state index in [4.69, 9.17) is 4.74 Å². The fourth-order valence-corrected chi connectivity index (χ4v) is 3.05. The van der Waals surface area contributed by atoms with Crippen LogP contribution in [0.15, 0.2) is 60.8 Å². The van der Waals surface area contributed by atoms with Crippen LogP contribution in [-0.2, 0) is 4.79 Å². The van der Waals surface area contributed by atoms with Crippen molar-refractivity contribution in [1.29, 1.82) is 5.26 Å². The van der Waals surface area contributed by atoms with Crippen LogP contribution in [0.4, 0.5) is 11.5 Å². The molecular weight excluding hydrogens is 342 g/mol. The molecule has 2 heterocycles. The maximum Gasteiger partial charge on any atom is 0.245 e. The minimum atomic E-state index is -0.221. The molecule has 7 heteroatoms. The molecule has 0 atom stereocenters. The lowest BCUT2D eigenvalue weighted by Gasteiger charge is -2.30.